The zero-order valence-corrected chi connectivity index (χ0v) is 9.31. The number of aromatic nitrogens is 1. The van der Waals surface area contributed by atoms with E-state index in [-0.39, 0.29) is 0 Å². The van der Waals surface area contributed by atoms with Crippen molar-refractivity contribution in [2.45, 2.75) is 25.8 Å². The summed E-state index contributed by atoms with van der Waals surface area (Å²) in [4.78, 5) is 5.61. The number of hydrogen-bond donors (Lipinski definition) is 1. The number of aromatic amines is 1. The number of nitrogens with zero attached hydrogens (tertiary/aromatic N) is 1. The second kappa shape index (κ2) is 4.24. The monoisotopic (exact) mass is 208 g/mol. The molecule has 1 N–H and O–H groups in total. The van der Waals surface area contributed by atoms with Crippen molar-refractivity contribution < 1.29 is 0 Å². The molecule has 76 valence electrons. The van der Waals surface area contributed by atoms with Crippen LogP contribution in [0.1, 0.15) is 31.4 Å². The van der Waals surface area contributed by atoms with Gasteiger partial charge in [0.05, 0.1) is 0 Å². The molecule has 1 unspecified atom stereocenters. The van der Waals surface area contributed by atoms with E-state index in [9.17, 15) is 0 Å². The lowest BCUT2D eigenvalue weighted by atomic mass is 10.1. The third-order valence-corrected chi connectivity index (χ3v) is 3.33. The van der Waals surface area contributed by atoms with Gasteiger partial charge in [-0.15, -0.1) is 0 Å². The van der Waals surface area contributed by atoms with Crippen LogP contribution in [0.4, 0.5) is 0 Å². The van der Waals surface area contributed by atoms with E-state index in [4.69, 9.17) is 12.2 Å². The zero-order valence-electron chi connectivity index (χ0n) is 8.49. The van der Waals surface area contributed by atoms with Crippen LogP contribution in [0.3, 0.4) is 0 Å². The Morgan fingerprint density at radius 2 is 2.50 bits per heavy atom. The summed E-state index contributed by atoms with van der Waals surface area (Å²) < 4.78 is 0.901. The van der Waals surface area contributed by atoms with Gasteiger partial charge in [0.2, 0.25) is 0 Å². The van der Waals surface area contributed by atoms with E-state index in [0.29, 0.717) is 6.04 Å². The van der Waals surface area contributed by atoms with Crippen LogP contribution in [-0.2, 0) is 0 Å². The summed E-state index contributed by atoms with van der Waals surface area (Å²) >= 11 is 5.31. The number of pyridine rings is 1. The maximum absolute atomic E-state index is 5.31. The SMILES string of the molecule is CCN1CCCC1c1ccc[nH]c1=S. The van der Waals surface area contributed by atoms with Crippen molar-refractivity contribution in [1.29, 1.82) is 0 Å². The third-order valence-electron chi connectivity index (χ3n) is 2.98. The molecule has 14 heavy (non-hydrogen) atoms. The predicted octanol–water partition coefficient (Wildman–Crippen LogP) is 2.90. The molecule has 1 saturated heterocycles. The number of likely N-dealkylation sites (tertiary alicyclic amines) is 1. The van der Waals surface area contributed by atoms with Gasteiger partial charge in [-0.25, -0.2) is 0 Å². The van der Waals surface area contributed by atoms with Crippen molar-refractivity contribution in [2.75, 3.05) is 13.1 Å². The number of nitrogens with one attached hydrogen (secondary N) is 1. The summed E-state index contributed by atoms with van der Waals surface area (Å²) in [7, 11) is 0. The van der Waals surface area contributed by atoms with E-state index in [1.807, 2.05) is 12.3 Å². The van der Waals surface area contributed by atoms with E-state index >= 15 is 0 Å². The quantitative estimate of drug-likeness (QED) is 0.754. The molecule has 0 radical (unpaired) electrons. The summed E-state index contributed by atoms with van der Waals surface area (Å²) in [5.74, 6) is 0. The average Bonchev–Trinajstić information content (AvgIpc) is 2.66. The highest BCUT2D eigenvalue weighted by Crippen LogP contribution is 2.31. The highest BCUT2D eigenvalue weighted by molar-refractivity contribution is 7.71. The first-order valence-corrected chi connectivity index (χ1v) is 5.65. The van der Waals surface area contributed by atoms with Crippen molar-refractivity contribution in [1.82, 2.24) is 9.88 Å². The normalized spacial score (nSPS) is 22.8. The van der Waals surface area contributed by atoms with Crippen molar-refractivity contribution in [3.63, 3.8) is 0 Å². The minimum absolute atomic E-state index is 0.546. The van der Waals surface area contributed by atoms with Crippen molar-refractivity contribution in [3.05, 3.63) is 28.5 Å². The largest absolute Gasteiger partial charge is 0.353 e. The van der Waals surface area contributed by atoms with Crippen molar-refractivity contribution in [2.24, 2.45) is 0 Å². The molecule has 2 heterocycles. The van der Waals surface area contributed by atoms with E-state index < -0.39 is 0 Å². The van der Waals surface area contributed by atoms with Crippen molar-refractivity contribution in [3.8, 4) is 0 Å². The molecular weight excluding hydrogens is 192 g/mol. The number of H-pyrrole nitrogens is 1. The number of hydrogen-bond acceptors (Lipinski definition) is 2. The fourth-order valence-corrected chi connectivity index (χ4v) is 2.53. The Hall–Kier alpha value is -0.670. The lowest BCUT2D eigenvalue weighted by Crippen LogP contribution is -2.22. The van der Waals surface area contributed by atoms with E-state index in [0.717, 1.165) is 11.2 Å². The Kier molecular flexibility index (Phi) is 2.99. The van der Waals surface area contributed by atoms with Gasteiger partial charge in [-0.2, -0.15) is 0 Å². The average molecular weight is 208 g/mol. The molecule has 0 aliphatic carbocycles. The summed E-state index contributed by atoms with van der Waals surface area (Å²) in [6, 6.07) is 4.74. The fourth-order valence-electron chi connectivity index (χ4n) is 2.25. The van der Waals surface area contributed by atoms with Gasteiger partial charge in [0, 0.05) is 17.8 Å². The minimum atomic E-state index is 0.546. The topological polar surface area (TPSA) is 19.0 Å². The molecule has 1 aliphatic rings. The van der Waals surface area contributed by atoms with Crippen LogP contribution in [0.15, 0.2) is 18.3 Å². The molecule has 1 fully saturated rings. The second-order valence-corrected chi connectivity index (χ2v) is 4.15. The van der Waals surface area contributed by atoms with Gasteiger partial charge < -0.3 is 4.98 Å². The van der Waals surface area contributed by atoms with E-state index in [1.54, 1.807) is 0 Å². The maximum atomic E-state index is 5.31. The minimum Gasteiger partial charge on any atom is -0.353 e. The molecule has 0 spiro atoms. The van der Waals surface area contributed by atoms with E-state index in [2.05, 4.69) is 22.9 Å². The summed E-state index contributed by atoms with van der Waals surface area (Å²) in [5.41, 5.74) is 1.29. The highest BCUT2D eigenvalue weighted by Gasteiger charge is 2.25. The predicted molar refractivity (Wildman–Crippen MR) is 60.8 cm³/mol. The molecule has 0 bridgehead atoms. The van der Waals surface area contributed by atoms with Crippen molar-refractivity contribution >= 4 is 12.2 Å². The molecule has 0 amide bonds. The Morgan fingerprint density at radius 1 is 1.64 bits per heavy atom. The van der Waals surface area contributed by atoms with Crippen LogP contribution in [0, 0.1) is 4.64 Å². The Labute approximate surface area is 90.0 Å². The zero-order chi connectivity index (χ0) is 9.97. The smallest absolute Gasteiger partial charge is 0.108 e. The van der Waals surface area contributed by atoms with E-state index in [1.165, 1.54) is 24.9 Å². The molecule has 1 aromatic rings. The Balaban J connectivity index is 2.30. The number of rotatable bonds is 2. The van der Waals surface area contributed by atoms with Gasteiger partial charge in [0.25, 0.3) is 0 Å². The van der Waals surface area contributed by atoms with Gasteiger partial charge >= 0.3 is 0 Å². The van der Waals surface area contributed by atoms with Crippen LogP contribution in [0.2, 0.25) is 0 Å². The molecule has 0 aromatic carbocycles. The van der Waals surface area contributed by atoms with Crippen LogP contribution >= 0.6 is 12.2 Å². The molecule has 1 aliphatic heterocycles. The fraction of sp³-hybridized carbons (Fsp3) is 0.545. The summed E-state index contributed by atoms with van der Waals surface area (Å²) in [6.07, 6.45) is 4.44. The molecule has 3 heteroatoms. The van der Waals surface area contributed by atoms with Gasteiger partial charge in [0.1, 0.15) is 4.64 Å². The lowest BCUT2D eigenvalue weighted by Gasteiger charge is -2.22. The van der Waals surface area contributed by atoms with Gasteiger partial charge in [0.15, 0.2) is 0 Å². The van der Waals surface area contributed by atoms with Gasteiger partial charge in [-0.1, -0.05) is 25.2 Å². The van der Waals surface area contributed by atoms with Crippen LogP contribution in [0.5, 0.6) is 0 Å². The van der Waals surface area contributed by atoms with Crippen LogP contribution < -0.4 is 0 Å². The molecule has 1 aromatic heterocycles. The molecular formula is C11H16N2S. The second-order valence-electron chi connectivity index (χ2n) is 3.74. The summed E-state index contributed by atoms with van der Waals surface area (Å²) in [5, 5.41) is 0. The standard InChI is InChI=1S/C11H16N2S/c1-2-13-8-4-6-10(13)9-5-3-7-12-11(9)14/h3,5,7,10H,2,4,6,8H2,1H3,(H,12,14). The lowest BCUT2D eigenvalue weighted by molar-refractivity contribution is 0.270. The molecule has 0 saturated carbocycles. The van der Waals surface area contributed by atoms with Gasteiger partial charge in [-0.05, 0) is 32.0 Å². The Morgan fingerprint density at radius 3 is 3.21 bits per heavy atom. The van der Waals surface area contributed by atoms with Crippen LogP contribution in [-0.4, -0.2) is 23.0 Å². The first-order chi connectivity index (χ1) is 6.83. The molecule has 2 nitrogen and oxygen atoms in total. The maximum Gasteiger partial charge on any atom is 0.108 e. The van der Waals surface area contributed by atoms with Crippen LogP contribution in [0.25, 0.3) is 0 Å². The molecule has 2 rings (SSSR count). The highest BCUT2D eigenvalue weighted by atomic mass is 32.1. The molecule has 1 atom stereocenters. The third kappa shape index (κ3) is 1.74. The Bertz CT molecular complexity index is 358. The first-order valence-electron chi connectivity index (χ1n) is 5.24. The first kappa shape index (κ1) is 9.87. The van der Waals surface area contributed by atoms with Gasteiger partial charge in [-0.3, -0.25) is 4.90 Å². The summed E-state index contributed by atoms with van der Waals surface area (Å²) in [6.45, 7) is 4.55.